The van der Waals surface area contributed by atoms with Gasteiger partial charge in [0.15, 0.2) is 0 Å². The van der Waals surface area contributed by atoms with E-state index in [1.54, 1.807) is 13.0 Å². The van der Waals surface area contributed by atoms with E-state index in [0.29, 0.717) is 18.1 Å². The van der Waals surface area contributed by atoms with Gasteiger partial charge in [0.05, 0.1) is 0 Å². The van der Waals surface area contributed by atoms with E-state index in [0.717, 1.165) is 18.4 Å². The van der Waals surface area contributed by atoms with Gasteiger partial charge in [0.1, 0.15) is 0 Å². The molecule has 0 atom stereocenters. The van der Waals surface area contributed by atoms with Gasteiger partial charge in [0, 0.05) is 0 Å². The summed E-state index contributed by atoms with van der Waals surface area (Å²) in [6.07, 6.45) is 1.97. The van der Waals surface area contributed by atoms with Gasteiger partial charge < -0.3 is 0 Å². The van der Waals surface area contributed by atoms with Gasteiger partial charge in [-0.15, -0.1) is 0 Å². The molecule has 0 amide bonds. The molecular formula is C13H23O3P. The zero-order valence-corrected chi connectivity index (χ0v) is 11.8. The third-order valence-corrected chi connectivity index (χ3v) is 6.31. The minimum absolute atomic E-state index is 0.306. The Hall–Kier alpha value is -0.470. The van der Waals surface area contributed by atoms with Crippen LogP contribution < -0.4 is 5.30 Å². The molecule has 0 fully saturated rings. The molecule has 0 spiro atoms. The van der Waals surface area contributed by atoms with Gasteiger partial charge in [-0.2, -0.15) is 0 Å². The molecule has 2 N–H and O–H groups in total. The van der Waals surface area contributed by atoms with Crippen molar-refractivity contribution in [2.45, 2.75) is 33.6 Å². The number of unbranched alkanes of at least 4 members (excludes halogenated alkanes) is 1. The summed E-state index contributed by atoms with van der Waals surface area (Å²) in [7, 11) is -4.17. The Balaban J connectivity index is 3.19. The van der Waals surface area contributed by atoms with Crippen LogP contribution in [-0.2, 0) is 4.52 Å². The molecule has 0 aromatic heterocycles. The van der Waals surface area contributed by atoms with Crippen LogP contribution in [0, 0.1) is 6.92 Å². The first-order valence-electron chi connectivity index (χ1n) is 6.15. The molecule has 1 rings (SSSR count). The number of benzene rings is 1. The maximum atomic E-state index is 10.7. The molecule has 0 unspecified atom stereocenters. The molecule has 0 aliphatic heterocycles. The van der Waals surface area contributed by atoms with Crippen LogP contribution in [0.3, 0.4) is 0 Å². The summed E-state index contributed by atoms with van der Waals surface area (Å²) in [6, 6.07) is 7.36. The first-order valence-corrected chi connectivity index (χ1v) is 8.40. The third-order valence-electron chi connectivity index (χ3n) is 2.91. The predicted octanol–water partition coefficient (Wildman–Crippen LogP) is 2.74. The normalized spacial score (nSPS) is 14.3. The molecule has 0 aliphatic carbocycles. The van der Waals surface area contributed by atoms with Crippen molar-refractivity contribution in [3.8, 4) is 0 Å². The van der Waals surface area contributed by atoms with Crippen molar-refractivity contribution in [2.75, 3.05) is 12.8 Å². The molecule has 0 bridgehead atoms. The van der Waals surface area contributed by atoms with Crippen molar-refractivity contribution in [2.24, 2.45) is 0 Å². The first kappa shape index (κ1) is 14.6. The Bertz CT molecular complexity index is 377. The van der Waals surface area contributed by atoms with Crippen LogP contribution in [0.4, 0.5) is 0 Å². The van der Waals surface area contributed by atoms with E-state index in [-0.39, 0.29) is 0 Å². The van der Waals surface area contributed by atoms with Gasteiger partial charge in [0.25, 0.3) is 0 Å². The van der Waals surface area contributed by atoms with Crippen molar-refractivity contribution in [3.63, 3.8) is 0 Å². The minimum atomic E-state index is -4.17. The third kappa shape index (κ3) is 3.26. The van der Waals surface area contributed by atoms with Crippen LogP contribution in [0.2, 0.25) is 0 Å². The molecule has 0 saturated heterocycles. The summed E-state index contributed by atoms with van der Waals surface area (Å²) >= 11 is 0. The standard InChI is InChI=1S/C13H23O3P/c1-4-6-11-17(14,15,16-5-2)13-10-8-7-9-12(13)3/h7-10,14-15H,4-6,11H2,1-3H3. The predicted molar refractivity (Wildman–Crippen MR) is 73.6 cm³/mol. The SMILES string of the molecule is CCCCP(O)(O)(OCC)c1ccccc1C. The first-order chi connectivity index (χ1) is 7.93. The molecule has 1 aromatic carbocycles. The fraction of sp³-hybridized carbons (Fsp3) is 0.538. The van der Waals surface area contributed by atoms with Crippen molar-refractivity contribution < 1.29 is 14.3 Å². The van der Waals surface area contributed by atoms with E-state index in [1.807, 2.05) is 32.0 Å². The summed E-state index contributed by atoms with van der Waals surface area (Å²) in [6.45, 7) is 6.01. The molecule has 98 valence electrons. The zero-order chi connectivity index (χ0) is 13.0. The van der Waals surface area contributed by atoms with E-state index in [9.17, 15) is 9.79 Å². The van der Waals surface area contributed by atoms with Gasteiger partial charge in [0.2, 0.25) is 0 Å². The number of rotatable bonds is 6. The summed E-state index contributed by atoms with van der Waals surface area (Å²) in [4.78, 5) is 21.4. The Morgan fingerprint density at radius 1 is 1.18 bits per heavy atom. The summed E-state index contributed by atoms with van der Waals surface area (Å²) in [5, 5.41) is 0.564. The maximum absolute atomic E-state index is 10.7. The van der Waals surface area contributed by atoms with Crippen LogP contribution in [0.5, 0.6) is 0 Å². The fourth-order valence-electron chi connectivity index (χ4n) is 2.04. The zero-order valence-electron chi connectivity index (χ0n) is 10.9. The summed E-state index contributed by atoms with van der Waals surface area (Å²) in [5.74, 6) is 0. The van der Waals surface area contributed by atoms with Gasteiger partial charge in [-0.3, -0.25) is 0 Å². The van der Waals surface area contributed by atoms with Gasteiger partial charge in [-0.25, -0.2) is 0 Å². The quantitative estimate of drug-likeness (QED) is 0.771. The second kappa shape index (κ2) is 5.45. The average Bonchev–Trinajstić information content (AvgIpc) is 2.27. The fourth-order valence-corrected chi connectivity index (χ4v) is 5.14. The number of hydrogen-bond donors (Lipinski definition) is 2. The van der Waals surface area contributed by atoms with E-state index in [4.69, 9.17) is 4.52 Å². The monoisotopic (exact) mass is 258 g/mol. The average molecular weight is 258 g/mol. The van der Waals surface area contributed by atoms with Crippen molar-refractivity contribution in [3.05, 3.63) is 29.8 Å². The summed E-state index contributed by atoms with van der Waals surface area (Å²) in [5.41, 5.74) is 0.875. The molecule has 1 aromatic rings. The summed E-state index contributed by atoms with van der Waals surface area (Å²) < 4.78 is 5.43. The Morgan fingerprint density at radius 2 is 1.82 bits per heavy atom. The second-order valence-electron chi connectivity index (χ2n) is 4.40. The van der Waals surface area contributed by atoms with Crippen molar-refractivity contribution in [1.29, 1.82) is 0 Å². The van der Waals surface area contributed by atoms with Crippen LogP contribution in [0.15, 0.2) is 24.3 Å². The van der Waals surface area contributed by atoms with Crippen LogP contribution in [0.1, 0.15) is 32.3 Å². The van der Waals surface area contributed by atoms with Crippen LogP contribution in [-0.4, -0.2) is 22.6 Å². The van der Waals surface area contributed by atoms with Crippen LogP contribution in [0.25, 0.3) is 0 Å². The van der Waals surface area contributed by atoms with E-state index >= 15 is 0 Å². The van der Waals surface area contributed by atoms with Crippen LogP contribution >= 0.6 is 7.28 Å². The molecule has 3 nitrogen and oxygen atoms in total. The van der Waals surface area contributed by atoms with Crippen molar-refractivity contribution in [1.82, 2.24) is 0 Å². The second-order valence-corrected chi connectivity index (χ2v) is 7.81. The van der Waals surface area contributed by atoms with Gasteiger partial charge in [-0.05, 0) is 0 Å². The Kier molecular flexibility index (Phi) is 4.68. The van der Waals surface area contributed by atoms with Crippen molar-refractivity contribution >= 4 is 12.6 Å². The molecule has 0 aliphatic rings. The molecule has 0 heterocycles. The van der Waals surface area contributed by atoms with E-state index < -0.39 is 7.28 Å². The molecule has 4 heteroatoms. The topological polar surface area (TPSA) is 49.7 Å². The van der Waals surface area contributed by atoms with Gasteiger partial charge >= 0.3 is 103 Å². The van der Waals surface area contributed by atoms with E-state index in [2.05, 4.69) is 0 Å². The van der Waals surface area contributed by atoms with Gasteiger partial charge in [-0.1, -0.05) is 0 Å². The molecule has 17 heavy (non-hydrogen) atoms. The Labute approximate surface area is 104 Å². The Morgan fingerprint density at radius 3 is 2.35 bits per heavy atom. The number of hydrogen-bond acceptors (Lipinski definition) is 3. The number of aryl methyl sites for hydroxylation is 1. The van der Waals surface area contributed by atoms with E-state index in [1.165, 1.54) is 0 Å². The molecule has 0 radical (unpaired) electrons. The molecular weight excluding hydrogens is 235 g/mol. The molecule has 0 saturated carbocycles.